The van der Waals surface area contributed by atoms with Gasteiger partial charge in [-0.2, -0.15) is 0 Å². The predicted molar refractivity (Wildman–Crippen MR) is 151 cm³/mol. The Morgan fingerprint density at radius 1 is 0.923 bits per heavy atom. The Morgan fingerprint density at radius 2 is 1.69 bits per heavy atom. The van der Waals surface area contributed by atoms with E-state index in [2.05, 4.69) is 10.2 Å². The number of likely N-dealkylation sites (tertiary alicyclic amines) is 1. The quantitative estimate of drug-likeness (QED) is 0.202. The molecular formula is C30H30ClN3O5. The molecule has 39 heavy (non-hydrogen) atoms. The summed E-state index contributed by atoms with van der Waals surface area (Å²) in [6, 6.07) is 12.5. The van der Waals surface area contributed by atoms with E-state index in [9.17, 15) is 19.8 Å². The lowest BCUT2D eigenvalue weighted by Gasteiger charge is -2.15. The monoisotopic (exact) mass is 547 g/mol. The number of fused-ring (bicyclic) bond motifs is 5. The van der Waals surface area contributed by atoms with Gasteiger partial charge in [0.1, 0.15) is 0 Å². The Hall–Kier alpha value is -3.59. The molecule has 0 unspecified atom stereocenters. The lowest BCUT2D eigenvalue weighted by Crippen LogP contribution is -2.21. The van der Waals surface area contributed by atoms with Crippen molar-refractivity contribution in [2.24, 2.45) is 0 Å². The number of imide groups is 1. The van der Waals surface area contributed by atoms with Gasteiger partial charge >= 0.3 is 0 Å². The van der Waals surface area contributed by atoms with E-state index < -0.39 is 11.8 Å². The van der Waals surface area contributed by atoms with Crippen molar-refractivity contribution in [3.8, 4) is 22.6 Å². The minimum Gasteiger partial charge on any atom is -0.504 e. The van der Waals surface area contributed by atoms with Gasteiger partial charge in [0.15, 0.2) is 11.5 Å². The maximum absolute atomic E-state index is 13.2. The van der Waals surface area contributed by atoms with Gasteiger partial charge in [-0.15, -0.1) is 0 Å². The van der Waals surface area contributed by atoms with Crippen molar-refractivity contribution in [2.75, 3.05) is 32.8 Å². The number of aliphatic hydroxyl groups is 1. The third-order valence-corrected chi connectivity index (χ3v) is 8.02. The number of hydrogen-bond acceptors (Lipinski definition) is 6. The molecule has 0 radical (unpaired) electrons. The fourth-order valence-electron chi connectivity index (χ4n) is 5.91. The third-order valence-electron chi connectivity index (χ3n) is 7.69. The van der Waals surface area contributed by atoms with E-state index in [-0.39, 0.29) is 23.5 Å². The molecule has 9 heteroatoms. The number of aliphatic hydroxyl groups excluding tert-OH is 1. The van der Waals surface area contributed by atoms with E-state index >= 15 is 0 Å². The molecule has 1 saturated heterocycles. The highest BCUT2D eigenvalue weighted by Crippen LogP contribution is 2.44. The molecule has 0 spiro atoms. The van der Waals surface area contributed by atoms with E-state index in [1.807, 2.05) is 28.8 Å². The number of aromatic nitrogens is 1. The number of ether oxygens (including phenoxy) is 1. The van der Waals surface area contributed by atoms with Crippen molar-refractivity contribution < 1.29 is 24.5 Å². The van der Waals surface area contributed by atoms with E-state index in [0.717, 1.165) is 31.6 Å². The Kier molecular flexibility index (Phi) is 6.93. The second-order valence-corrected chi connectivity index (χ2v) is 10.6. The standard InChI is InChI=1S/C30H30ClN3O5/c31-21-8-2-1-7-18(21)19-15-23-26(28-27(19)29(37)32-30(28)38)20-16-24(36)25(17-22(20)34(23)12-5-13-35)39-14-6-11-33-9-3-4-10-33/h1-2,7-8,15-17,35-36H,3-6,9-14H2,(H,32,37,38). The maximum atomic E-state index is 13.2. The minimum absolute atomic E-state index is 0.0135. The molecule has 3 N–H and O–H groups in total. The van der Waals surface area contributed by atoms with Gasteiger partial charge in [0.25, 0.3) is 11.8 Å². The van der Waals surface area contributed by atoms with Crippen molar-refractivity contribution in [1.29, 1.82) is 0 Å². The van der Waals surface area contributed by atoms with Crippen LogP contribution >= 0.6 is 11.6 Å². The molecule has 1 aromatic heterocycles. The topological polar surface area (TPSA) is 104 Å². The zero-order valence-corrected chi connectivity index (χ0v) is 22.3. The number of halogens is 1. The molecule has 6 rings (SSSR count). The van der Waals surface area contributed by atoms with Gasteiger partial charge in [0.05, 0.1) is 28.8 Å². The number of benzene rings is 3. The van der Waals surface area contributed by atoms with Crippen LogP contribution < -0.4 is 10.1 Å². The molecule has 0 bridgehead atoms. The van der Waals surface area contributed by atoms with Crippen LogP contribution in [0.5, 0.6) is 11.5 Å². The molecule has 3 heterocycles. The Morgan fingerprint density at radius 3 is 2.46 bits per heavy atom. The summed E-state index contributed by atoms with van der Waals surface area (Å²) in [6.45, 7) is 4.12. The summed E-state index contributed by atoms with van der Waals surface area (Å²) in [6.07, 6.45) is 3.81. The molecule has 2 aliphatic rings. The molecule has 2 amide bonds. The third kappa shape index (κ3) is 4.52. The Balaban J connectivity index is 1.51. The first-order chi connectivity index (χ1) is 19.0. The molecule has 0 atom stereocenters. The molecule has 2 aliphatic heterocycles. The lowest BCUT2D eigenvalue weighted by atomic mass is 9.93. The first-order valence-electron chi connectivity index (χ1n) is 13.4. The van der Waals surface area contributed by atoms with Crippen LogP contribution in [0.2, 0.25) is 5.02 Å². The Bertz CT molecular complexity index is 1610. The number of hydrogen-bond donors (Lipinski definition) is 3. The molecular weight excluding hydrogens is 518 g/mol. The van der Waals surface area contributed by atoms with Gasteiger partial charge in [-0.1, -0.05) is 29.8 Å². The zero-order chi connectivity index (χ0) is 27.1. The Labute approximate surface area is 230 Å². The van der Waals surface area contributed by atoms with E-state index in [1.54, 1.807) is 18.2 Å². The average molecular weight is 548 g/mol. The number of nitrogens with one attached hydrogen (secondary N) is 1. The fraction of sp³-hybridized carbons (Fsp3) is 0.333. The first kappa shape index (κ1) is 25.7. The molecule has 8 nitrogen and oxygen atoms in total. The van der Waals surface area contributed by atoms with E-state index in [0.29, 0.717) is 57.8 Å². The van der Waals surface area contributed by atoms with Gasteiger partial charge in [-0.25, -0.2) is 0 Å². The highest BCUT2D eigenvalue weighted by atomic mass is 35.5. The summed E-state index contributed by atoms with van der Waals surface area (Å²) in [4.78, 5) is 28.6. The summed E-state index contributed by atoms with van der Waals surface area (Å²) >= 11 is 6.53. The molecule has 202 valence electrons. The molecule has 0 saturated carbocycles. The van der Waals surface area contributed by atoms with Crippen molar-refractivity contribution in [3.63, 3.8) is 0 Å². The summed E-state index contributed by atoms with van der Waals surface area (Å²) in [5.41, 5.74) is 3.19. The number of aromatic hydroxyl groups is 1. The summed E-state index contributed by atoms with van der Waals surface area (Å²) < 4.78 is 8.02. The van der Waals surface area contributed by atoms with Crippen LogP contribution in [0.4, 0.5) is 0 Å². The fourth-order valence-corrected chi connectivity index (χ4v) is 6.15. The number of carbonyl (C=O) groups excluding carboxylic acids is 2. The van der Waals surface area contributed by atoms with Gasteiger partial charge in [-0.05, 0) is 62.5 Å². The predicted octanol–water partition coefficient (Wildman–Crippen LogP) is 4.95. The van der Waals surface area contributed by atoms with Crippen molar-refractivity contribution in [2.45, 2.75) is 32.2 Å². The van der Waals surface area contributed by atoms with Crippen LogP contribution in [0.1, 0.15) is 46.4 Å². The summed E-state index contributed by atoms with van der Waals surface area (Å²) in [5.74, 6) is -0.638. The molecule has 0 aliphatic carbocycles. The number of rotatable bonds is 9. The molecule has 1 fully saturated rings. The summed E-state index contributed by atoms with van der Waals surface area (Å²) in [5, 5.41) is 24.7. The largest absolute Gasteiger partial charge is 0.504 e. The van der Waals surface area contributed by atoms with Crippen LogP contribution in [-0.4, -0.2) is 64.3 Å². The van der Waals surface area contributed by atoms with Crippen molar-refractivity contribution >= 4 is 45.2 Å². The maximum Gasteiger partial charge on any atom is 0.259 e. The number of aryl methyl sites for hydroxylation is 1. The smallest absolute Gasteiger partial charge is 0.259 e. The van der Waals surface area contributed by atoms with Gasteiger partial charge in [0, 0.05) is 47.1 Å². The van der Waals surface area contributed by atoms with Gasteiger partial charge in [-0.3, -0.25) is 14.9 Å². The average Bonchev–Trinajstić information content (AvgIpc) is 3.62. The highest BCUT2D eigenvalue weighted by molar-refractivity contribution is 6.36. The lowest BCUT2D eigenvalue weighted by molar-refractivity contribution is 0.0880. The van der Waals surface area contributed by atoms with Gasteiger partial charge < -0.3 is 24.4 Å². The van der Waals surface area contributed by atoms with Crippen LogP contribution in [0.3, 0.4) is 0 Å². The van der Waals surface area contributed by atoms with E-state index in [1.165, 1.54) is 12.8 Å². The van der Waals surface area contributed by atoms with Crippen LogP contribution in [-0.2, 0) is 6.54 Å². The van der Waals surface area contributed by atoms with Gasteiger partial charge in [0.2, 0.25) is 0 Å². The SMILES string of the molecule is O=C1NC(=O)c2c1c(-c1ccccc1Cl)cc1c2c2cc(O)c(OCCCN3CCCC3)cc2n1CCCO. The van der Waals surface area contributed by atoms with Crippen LogP contribution in [0, 0.1) is 0 Å². The van der Waals surface area contributed by atoms with Crippen LogP contribution in [0.25, 0.3) is 32.9 Å². The van der Waals surface area contributed by atoms with E-state index in [4.69, 9.17) is 16.3 Å². The summed E-state index contributed by atoms with van der Waals surface area (Å²) in [7, 11) is 0. The molecule has 3 aromatic carbocycles. The highest BCUT2D eigenvalue weighted by Gasteiger charge is 2.35. The second-order valence-electron chi connectivity index (χ2n) is 10.1. The zero-order valence-electron chi connectivity index (χ0n) is 21.5. The minimum atomic E-state index is -0.489. The number of nitrogens with zero attached hydrogens (tertiary/aromatic N) is 2. The van der Waals surface area contributed by atoms with Crippen molar-refractivity contribution in [1.82, 2.24) is 14.8 Å². The first-order valence-corrected chi connectivity index (χ1v) is 13.8. The number of phenolic OH excluding ortho intramolecular Hbond substituents is 1. The second kappa shape index (κ2) is 10.5. The number of phenols is 1. The number of carbonyl (C=O) groups is 2. The van der Waals surface area contributed by atoms with Crippen molar-refractivity contribution in [3.05, 3.63) is 58.6 Å². The molecule has 4 aromatic rings. The van der Waals surface area contributed by atoms with Crippen LogP contribution in [0.15, 0.2) is 42.5 Å². The number of amides is 2. The normalized spacial score (nSPS) is 15.4.